The van der Waals surface area contributed by atoms with Gasteiger partial charge in [-0.3, -0.25) is 24.0 Å². The number of ether oxygens (including phenoxy) is 7. The zero-order valence-electron chi connectivity index (χ0n) is 23.8. The van der Waals surface area contributed by atoms with Crippen molar-refractivity contribution < 1.29 is 57.1 Å². The fraction of sp³-hybridized carbons (Fsp3) is 0.750. The molecule has 0 radical (unpaired) electrons. The second-order valence-electron chi connectivity index (χ2n) is 11.9. The predicted octanol–water partition coefficient (Wildman–Crippen LogP) is 1.77. The van der Waals surface area contributed by atoms with Gasteiger partial charge in [0.1, 0.15) is 18.3 Å². The average Bonchev–Trinajstić information content (AvgIpc) is 3.58. The molecule has 0 aromatic rings. The van der Waals surface area contributed by atoms with Crippen LogP contribution in [0, 0.1) is 17.3 Å². The summed E-state index contributed by atoms with van der Waals surface area (Å²) in [6.07, 6.45) is -6.51. The van der Waals surface area contributed by atoms with Crippen LogP contribution < -0.4 is 0 Å². The highest BCUT2D eigenvalue weighted by Gasteiger charge is 2.80. The first kappa shape index (κ1) is 29.8. The first-order valence-electron chi connectivity index (χ1n) is 13.6. The Labute approximate surface area is 242 Å². The molecule has 12 nitrogen and oxygen atoms in total. The third kappa shape index (κ3) is 4.36. The highest BCUT2D eigenvalue weighted by molar-refractivity contribution is 6.23. The summed E-state index contributed by atoms with van der Waals surface area (Å²) in [4.78, 5) is 63.7. The van der Waals surface area contributed by atoms with E-state index in [9.17, 15) is 24.0 Å². The molecular weight excluding hydrogens is 564 g/mol. The number of epoxide rings is 1. The van der Waals surface area contributed by atoms with Crippen LogP contribution in [-0.4, -0.2) is 89.7 Å². The van der Waals surface area contributed by atoms with Crippen molar-refractivity contribution in [3.8, 4) is 0 Å². The van der Waals surface area contributed by atoms with E-state index in [0.29, 0.717) is 12.8 Å². The highest BCUT2D eigenvalue weighted by atomic mass is 35.5. The van der Waals surface area contributed by atoms with E-state index >= 15 is 0 Å². The van der Waals surface area contributed by atoms with Gasteiger partial charge in [-0.25, -0.2) is 0 Å². The van der Waals surface area contributed by atoms with E-state index in [0.717, 1.165) is 0 Å². The first-order chi connectivity index (χ1) is 19.1. The van der Waals surface area contributed by atoms with E-state index in [1.54, 1.807) is 13.8 Å². The van der Waals surface area contributed by atoms with E-state index in [4.69, 9.17) is 44.8 Å². The van der Waals surface area contributed by atoms with Crippen LogP contribution in [0.1, 0.15) is 54.4 Å². The van der Waals surface area contributed by atoms with Gasteiger partial charge in [-0.15, -0.1) is 11.6 Å². The van der Waals surface area contributed by atoms with Gasteiger partial charge in [0.2, 0.25) is 0 Å². The minimum Gasteiger partial charge on any atom is -0.462 e. The second-order valence-corrected chi connectivity index (χ2v) is 12.4. The topological polar surface area (TPSA) is 153 Å². The fourth-order valence-electron chi connectivity index (χ4n) is 7.78. The lowest BCUT2D eigenvalue weighted by Gasteiger charge is -2.62. The largest absolute Gasteiger partial charge is 0.462 e. The van der Waals surface area contributed by atoms with Crippen molar-refractivity contribution in [3.05, 3.63) is 12.2 Å². The van der Waals surface area contributed by atoms with Crippen molar-refractivity contribution in [3.63, 3.8) is 0 Å². The molecule has 5 fully saturated rings. The lowest BCUT2D eigenvalue weighted by molar-refractivity contribution is -0.308. The molecule has 2 unspecified atom stereocenters. The molecule has 1 aliphatic carbocycles. The highest BCUT2D eigenvalue weighted by Crippen LogP contribution is 2.65. The Morgan fingerprint density at radius 3 is 2.05 bits per heavy atom. The van der Waals surface area contributed by atoms with Crippen LogP contribution in [0.2, 0.25) is 0 Å². The van der Waals surface area contributed by atoms with Gasteiger partial charge in [0, 0.05) is 33.6 Å². The molecule has 5 aliphatic rings. The van der Waals surface area contributed by atoms with Gasteiger partial charge in [0.25, 0.3) is 0 Å². The minimum absolute atomic E-state index is 0.207. The van der Waals surface area contributed by atoms with Gasteiger partial charge in [0.05, 0.1) is 28.9 Å². The summed E-state index contributed by atoms with van der Waals surface area (Å²) in [5.41, 5.74) is -3.83. The second kappa shape index (κ2) is 9.95. The zero-order chi connectivity index (χ0) is 30.2. The number of rotatable bonds is 4. The molecule has 4 aliphatic heterocycles. The van der Waals surface area contributed by atoms with Crippen LogP contribution in [0.5, 0.6) is 0 Å². The first-order valence-corrected chi connectivity index (χ1v) is 14.1. The van der Waals surface area contributed by atoms with E-state index < -0.39 is 100 Å². The quantitative estimate of drug-likeness (QED) is 0.152. The summed E-state index contributed by atoms with van der Waals surface area (Å²) in [6.45, 7) is 12.5. The number of halogens is 1. The van der Waals surface area contributed by atoms with E-state index in [1.165, 1.54) is 27.7 Å². The van der Waals surface area contributed by atoms with Gasteiger partial charge in [-0.2, -0.15) is 0 Å². The molecule has 0 N–H and O–H groups in total. The van der Waals surface area contributed by atoms with Crippen molar-refractivity contribution in [2.75, 3.05) is 6.61 Å². The number of alkyl halides is 1. The van der Waals surface area contributed by atoms with Crippen molar-refractivity contribution in [2.24, 2.45) is 17.3 Å². The zero-order valence-corrected chi connectivity index (χ0v) is 24.6. The molecule has 0 amide bonds. The molecule has 0 aromatic heterocycles. The Morgan fingerprint density at radius 2 is 1.51 bits per heavy atom. The summed E-state index contributed by atoms with van der Waals surface area (Å²) < 4.78 is 42.4. The van der Waals surface area contributed by atoms with Crippen LogP contribution in [0.3, 0.4) is 0 Å². The van der Waals surface area contributed by atoms with E-state index in [1.807, 2.05) is 0 Å². The normalized spacial score (nSPS) is 46.2. The van der Waals surface area contributed by atoms with Crippen LogP contribution >= 0.6 is 11.6 Å². The summed E-state index contributed by atoms with van der Waals surface area (Å²) >= 11 is 6.93. The lowest BCUT2D eigenvalue weighted by Crippen LogP contribution is -2.77. The average molecular weight is 599 g/mol. The van der Waals surface area contributed by atoms with Crippen molar-refractivity contribution in [1.82, 2.24) is 0 Å². The molecule has 12 atom stereocenters. The Kier molecular flexibility index (Phi) is 7.22. The van der Waals surface area contributed by atoms with Gasteiger partial charge in [0.15, 0.2) is 23.9 Å². The molecule has 5 rings (SSSR count). The van der Waals surface area contributed by atoms with Crippen molar-refractivity contribution in [1.29, 1.82) is 0 Å². The molecule has 1 saturated carbocycles. The summed E-state index contributed by atoms with van der Waals surface area (Å²) in [7, 11) is 0. The number of esters is 5. The maximum atomic E-state index is 13.2. The third-order valence-electron chi connectivity index (χ3n) is 9.46. The monoisotopic (exact) mass is 598 g/mol. The Hall–Kier alpha value is -2.70. The predicted molar refractivity (Wildman–Crippen MR) is 137 cm³/mol. The van der Waals surface area contributed by atoms with Crippen LogP contribution in [0.4, 0.5) is 0 Å². The van der Waals surface area contributed by atoms with Crippen LogP contribution in [0.15, 0.2) is 12.2 Å². The molecule has 226 valence electrons. The molecule has 2 spiro atoms. The summed E-state index contributed by atoms with van der Waals surface area (Å²) in [5.74, 6) is -5.25. The SMILES string of the molecule is C=C1[C@H]2O[C@]3(C(C)C(=O)O[C@@H]3[C@H]1Cl)[C@@H](OC(C)=O)[C@H]1C3(CC[C@H](OC(C)=O)[C@]1(C)[C@@H](OC(C)=O)[C@@H]2OC(C)=O)CO3. The number of hydrogen-bond donors (Lipinski definition) is 0. The maximum absolute atomic E-state index is 13.2. The summed E-state index contributed by atoms with van der Waals surface area (Å²) in [6, 6.07) is 0. The molecule has 0 aromatic carbocycles. The molecule has 41 heavy (non-hydrogen) atoms. The number of carbonyl (C=O) groups excluding carboxylic acids is 5. The fourth-order valence-corrected chi connectivity index (χ4v) is 8.15. The lowest BCUT2D eigenvalue weighted by atomic mass is 9.51. The molecule has 13 heteroatoms. The smallest absolute Gasteiger partial charge is 0.312 e. The summed E-state index contributed by atoms with van der Waals surface area (Å²) in [5, 5.41) is -1.05. The Morgan fingerprint density at radius 1 is 0.951 bits per heavy atom. The van der Waals surface area contributed by atoms with Gasteiger partial charge in [-0.05, 0) is 25.3 Å². The molecular formula is C28H35ClO12. The Balaban J connectivity index is 1.86. The van der Waals surface area contributed by atoms with Gasteiger partial charge < -0.3 is 33.2 Å². The van der Waals surface area contributed by atoms with Crippen LogP contribution in [0.25, 0.3) is 0 Å². The molecule has 4 heterocycles. The molecule has 2 bridgehead atoms. The van der Waals surface area contributed by atoms with E-state index in [-0.39, 0.29) is 12.2 Å². The number of hydrogen-bond acceptors (Lipinski definition) is 12. The van der Waals surface area contributed by atoms with E-state index in [2.05, 4.69) is 6.58 Å². The van der Waals surface area contributed by atoms with Gasteiger partial charge in [-0.1, -0.05) is 13.5 Å². The molecule has 4 saturated heterocycles. The standard InChI is InChI=1S/C28H35ClO12/c1-11-18(29)22-28(12(2)25(34)40-22)24(39-16(6)33)21-26(7,17(36-13(3)30)8-9-27(21)10-35-27)23(38-15(5)32)20(19(11)41-28)37-14(4)31/h12,17-24H,1,8-10H2,2-7H3/t12?,17-,18-,19+,20+,21+,22+,23-,24-,26-,27?,28-/m0/s1. The maximum Gasteiger partial charge on any atom is 0.312 e. The van der Waals surface area contributed by atoms with Crippen LogP contribution in [-0.2, 0) is 57.1 Å². The Bertz CT molecular complexity index is 1200. The van der Waals surface area contributed by atoms with Crippen molar-refractivity contribution in [2.45, 2.75) is 108 Å². The third-order valence-corrected chi connectivity index (χ3v) is 9.97. The number of fused-ring (bicyclic) bond motifs is 3. The number of carbonyl (C=O) groups is 5. The minimum atomic E-state index is -1.69. The van der Waals surface area contributed by atoms with Gasteiger partial charge >= 0.3 is 29.8 Å². The van der Waals surface area contributed by atoms with Crippen molar-refractivity contribution >= 4 is 41.4 Å².